The van der Waals surface area contributed by atoms with Gasteiger partial charge in [0.05, 0.1) is 16.2 Å². The minimum absolute atomic E-state index is 0.0550. The maximum absolute atomic E-state index is 13.1. The van der Waals surface area contributed by atoms with E-state index < -0.39 is 4.92 Å². The number of hydrogen-bond acceptors (Lipinski definition) is 4. The van der Waals surface area contributed by atoms with Crippen LogP contribution in [0.5, 0.6) is 0 Å². The van der Waals surface area contributed by atoms with Crippen LogP contribution in [-0.2, 0) is 6.54 Å². The number of benzene rings is 2. The monoisotopic (exact) mass is 367 g/mol. The molecule has 6 nitrogen and oxygen atoms in total. The van der Waals surface area contributed by atoms with Gasteiger partial charge in [0.25, 0.3) is 11.6 Å². The Morgan fingerprint density at radius 2 is 1.85 bits per heavy atom. The molecule has 0 atom stereocenters. The number of nitro groups is 1. The third kappa shape index (κ3) is 4.45. The summed E-state index contributed by atoms with van der Waals surface area (Å²) in [6.45, 7) is 4.41. The van der Waals surface area contributed by atoms with Crippen LogP contribution in [0, 0.1) is 16.0 Å². The maximum Gasteiger partial charge on any atom is 0.270 e. The molecule has 0 bridgehead atoms. The Kier molecular flexibility index (Phi) is 5.74. The summed E-state index contributed by atoms with van der Waals surface area (Å²) in [5.74, 6) is 0.468. The molecule has 3 rings (SSSR count). The number of hydrogen-bond donors (Lipinski definition) is 0. The van der Waals surface area contributed by atoms with Gasteiger partial charge >= 0.3 is 0 Å². The average molecular weight is 367 g/mol. The van der Waals surface area contributed by atoms with Crippen molar-refractivity contribution >= 4 is 17.3 Å². The van der Waals surface area contributed by atoms with Crippen molar-refractivity contribution in [3.63, 3.8) is 0 Å². The zero-order valence-electron chi connectivity index (χ0n) is 15.8. The number of rotatable bonds is 5. The molecule has 0 aromatic heterocycles. The maximum atomic E-state index is 13.1. The van der Waals surface area contributed by atoms with Crippen molar-refractivity contribution in [3.05, 3.63) is 69.8 Å². The summed E-state index contributed by atoms with van der Waals surface area (Å²) in [6, 6.07) is 14.3. The summed E-state index contributed by atoms with van der Waals surface area (Å²) >= 11 is 0. The molecule has 1 saturated heterocycles. The number of anilines is 1. The van der Waals surface area contributed by atoms with E-state index in [1.165, 1.54) is 12.1 Å². The van der Waals surface area contributed by atoms with E-state index in [2.05, 4.69) is 11.8 Å². The van der Waals surface area contributed by atoms with Crippen LogP contribution in [0.4, 0.5) is 11.4 Å². The van der Waals surface area contributed by atoms with E-state index in [4.69, 9.17) is 0 Å². The normalized spacial score (nSPS) is 14.8. The molecule has 0 N–H and O–H groups in total. The second-order valence-corrected chi connectivity index (χ2v) is 7.27. The van der Waals surface area contributed by atoms with Gasteiger partial charge in [-0.1, -0.05) is 37.3 Å². The van der Waals surface area contributed by atoms with Crippen molar-refractivity contribution in [2.75, 3.05) is 25.0 Å². The Morgan fingerprint density at radius 3 is 2.48 bits per heavy atom. The van der Waals surface area contributed by atoms with Gasteiger partial charge in [-0.05, 0) is 30.4 Å². The molecule has 2 aromatic carbocycles. The number of piperidine rings is 1. The first kappa shape index (κ1) is 18.9. The Labute approximate surface area is 159 Å². The zero-order valence-corrected chi connectivity index (χ0v) is 15.8. The van der Waals surface area contributed by atoms with E-state index in [1.54, 1.807) is 18.0 Å². The lowest BCUT2D eigenvalue weighted by molar-refractivity contribution is -0.384. The van der Waals surface area contributed by atoms with Crippen molar-refractivity contribution < 1.29 is 9.72 Å². The standard InChI is InChI=1S/C21H25N3O3/c1-16-10-12-23(13-11-16)20-9-8-18(24(26)27)14-19(20)21(25)22(2)15-17-6-4-3-5-7-17/h3-9,14,16H,10-13,15H2,1-2H3. The van der Waals surface area contributed by atoms with E-state index >= 15 is 0 Å². The minimum atomic E-state index is -0.448. The molecule has 1 aliphatic heterocycles. The van der Waals surface area contributed by atoms with Gasteiger partial charge in [0, 0.05) is 38.8 Å². The highest BCUT2D eigenvalue weighted by Crippen LogP contribution is 2.30. The second-order valence-electron chi connectivity index (χ2n) is 7.27. The summed E-state index contributed by atoms with van der Waals surface area (Å²) in [4.78, 5) is 27.7. The molecule has 0 saturated carbocycles. The molecule has 0 spiro atoms. The van der Waals surface area contributed by atoms with Gasteiger partial charge < -0.3 is 9.80 Å². The predicted molar refractivity (Wildman–Crippen MR) is 106 cm³/mol. The third-order valence-electron chi connectivity index (χ3n) is 5.15. The lowest BCUT2D eigenvalue weighted by atomic mass is 9.97. The molecule has 6 heteroatoms. The molecule has 27 heavy (non-hydrogen) atoms. The van der Waals surface area contributed by atoms with Crippen LogP contribution in [-0.4, -0.2) is 35.9 Å². The van der Waals surface area contributed by atoms with Crippen LogP contribution in [0.3, 0.4) is 0 Å². The number of carbonyl (C=O) groups is 1. The number of non-ortho nitro benzene ring substituents is 1. The molecular weight excluding hydrogens is 342 g/mol. The topological polar surface area (TPSA) is 66.7 Å². The highest BCUT2D eigenvalue weighted by atomic mass is 16.6. The quantitative estimate of drug-likeness (QED) is 0.589. The third-order valence-corrected chi connectivity index (χ3v) is 5.15. The molecule has 0 unspecified atom stereocenters. The van der Waals surface area contributed by atoms with Crippen LogP contribution in [0.15, 0.2) is 48.5 Å². The second kappa shape index (κ2) is 8.20. The summed E-state index contributed by atoms with van der Waals surface area (Å²) in [7, 11) is 1.73. The van der Waals surface area contributed by atoms with Gasteiger partial charge in [-0.3, -0.25) is 14.9 Å². The molecule has 2 aromatic rings. The van der Waals surface area contributed by atoms with Gasteiger partial charge in [0.1, 0.15) is 0 Å². The Balaban J connectivity index is 1.89. The smallest absolute Gasteiger partial charge is 0.270 e. The van der Waals surface area contributed by atoms with Gasteiger partial charge in [-0.15, -0.1) is 0 Å². The first-order valence-corrected chi connectivity index (χ1v) is 9.28. The van der Waals surface area contributed by atoms with Gasteiger partial charge in [0.2, 0.25) is 0 Å². The van der Waals surface area contributed by atoms with Crippen LogP contribution in [0.1, 0.15) is 35.7 Å². The van der Waals surface area contributed by atoms with E-state index in [0.29, 0.717) is 18.0 Å². The first-order chi connectivity index (χ1) is 13.0. The lowest BCUT2D eigenvalue weighted by Gasteiger charge is -2.33. The van der Waals surface area contributed by atoms with E-state index in [9.17, 15) is 14.9 Å². The number of nitro benzene ring substituents is 1. The van der Waals surface area contributed by atoms with Crippen LogP contribution in [0.2, 0.25) is 0 Å². The van der Waals surface area contributed by atoms with Crippen molar-refractivity contribution in [2.45, 2.75) is 26.3 Å². The van der Waals surface area contributed by atoms with E-state index in [1.807, 2.05) is 30.3 Å². The summed E-state index contributed by atoms with van der Waals surface area (Å²) in [5, 5.41) is 11.2. The molecule has 1 amide bonds. The van der Waals surface area contributed by atoms with E-state index in [0.717, 1.165) is 37.2 Å². The Hall–Kier alpha value is -2.89. The van der Waals surface area contributed by atoms with Gasteiger partial charge in [-0.2, -0.15) is 0 Å². The SMILES string of the molecule is CC1CCN(c2ccc([N+](=O)[O-])cc2C(=O)N(C)Cc2ccccc2)CC1. The van der Waals surface area contributed by atoms with E-state index in [-0.39, 0.29) is 11.6 Å². The Morgan fingerprint density at radius 1 is 1.19 bits per heavy atom. The fourth-order valence-electron chi connectivity index (χ4n) is 3.47. The van der Waals surface area contributed by atoms with Crippen LogP contribution >= 0.6 is 0 Å². The van der Waals surface area contributed by atoms with Gasteiger partial charge in [-0.25, -0.2) is 0 Å². The van der Waals surface area contributed by atoms with Crippen molar-refractivity contribution in [1.29, 1.82) is 0 Å². The molecule has 0 aliphatic carbocycles. The Bertz CT molecular complexity index is 815. The first-order valence-electron chi connectivity index (χ1n) is 9.28. The molecule has 142 valence electrons. The zero-order chi connectivity index (χ0) is 19.4. The minimum Gasteiger partial charge on any atom is -0.371 e. The van der Waals surface area contributed by atoms with Gasteiger partial charge in [0.15, 0.2) is 0 Å². The molecule has 0 radical (unpaired) electrons. The number of carbonyl (C=O) groups excluding carboxylic acids is 1. The van der Waals surface area contributed by atoms with Crippen LogP contribution < -0.4 is 4.90 Å². The van der Waals surface area contributed by atoms with Crippen molar-refractivity contribution in [2.24, 2.45) is 5.92 Å². The molecular formula is C21H25N3O3. The van der Waals surface area contributed by atoms with Crippen molar-refractivity contribution in [1.82, 2.24) is 4.90 Å². The lowest BCUT2D eigenvalue weighted by Crippen LogP contribution is -2.35. The predicted octanol–water partition coefficient (Wildman–Crippen LogP) is 4.10. The summed E-state index contributed by atoms with van der Waals surface area (Å²) < 4.78 is 0. The van der Waals surface area contributed by atoms with Crippen molar-refractivity contribution in [3.8, 4) is 0 Å². The fourth-order valence-corrected chi connectivity index (χ4v) is 3.47. The van der Waals surface area contributed by atoms with Crippen LogP contribution in [0.25, 0.3) is 0 Å². The molecule has 1 fully saturated rings. The highest BCUT2D eigenvalue weighted by Gasteiger charge is 2.25. The summed E-state index contributed by atoms with van der Waals surface area (Å²) in [6.07, 6.45) is 2.12. The number of amides is 1. The largest absolute Gasteiger partial charge is 0.371 e. The fraction of sp³-hybridized carbons (Fsp3) is 0.381. The highest BCUT2D eigenvalue weighted by molar-refractivity contribution is 6.00. The molecule has 1 heterocycles. The summed E-state index contributed by atoms with van der Waals surface area (Å²) in [5.41, 5.74) is 2.15. The number of nitrogens with zero attached hydrogens (tertiary/aromatic N) is 3. The molecule has 1 aliphatic rings. The average Bonchev–Trinajstić information content (AvgIpc) is 2.68.